The van der Waals surface area contributed by atoms with Crippen LogP contribution in [-0.4, -0.2) is 34.6 Å². The molecule has 16 heavy (non-hydrogen) atoms. The van der Waals surface area contributed by atoms with Gasteiger partial charge in [0.05, 0.1) is 0 Å². The van der Waals surface area contributed by atoms with Gasteiger partial charge in [-0.15, -0.1) is 35.9 Å². The number of thioether (sulfide) groups is 2. The molecular formula is C10H21ClN2OS2. The Labute approximate surface area is 112 Å². The van der Waals surface area contributed by atoms with Gasteiger partial charge in [0.25, 0.3) is 0 Å². The average Bonchev–Trinajstić information content (AvgIpc) is 2.65. The van der Waals surface area contributed by atoms with Crippen LogP contribution in [0.15, 0.2) is 0 Å². The summed E-state index contributed by atoms with van der Waals surface area (Å²) in [4.78, 5) is 11.9. The van der Waals surface area contributed by atoms with Crippen LogP contribution in [-0.2, 0) is 4.79 Å². The Kier molecular flexibility index (Phi) is 7.17. The van der Waals surface area contributed by atoms with Gasteiger partial charge >= 0.3 is 0 Å². The first-order valence-electron chi connectivity index (χ1n) is 5.28. The van der Waals surface area contributed by atoms with Crippen LogP contribution >= 0.6 is 35.9 Å². The fourth-order valence-electron chi connectivity index (χ4n) is 1.78. The van der Waals surface area contributed by atoms with E-state index < -0.39 is 4.08 Å². The molecule has 3 nitrogen and oxygen atoms in total. The lowest BCUT2D eigenvalue weighted by atomic mass is 10.0. The Morgan fingerprint density at radius 1 is 1.44 bits per heavy atom. The number of carbonyl (C=O) groups is 1. The molecule has 1 amide bonds. The van der Waals surface area contributed by atoms with E-state index in [1.165, 1.54) is 0 Å². The fraction of sp³-hybridized carbons (Fsp3) is 0.900. The van der Waals surface area contributed by atoms with Gasteiger partial charge < -0.3 is 11.1 Å². The van der Waals surface area contributed by atoms with Gasteiger partial charge in [-0.05, 0) is 12.3 Å². The lowest BCUT2D eigenvalue weighted by Gasteiger charge is -2.32. The van der Waals surface area contributed by atoms with Crippen LogP contribution in [0.1, 0.15) is 20.3 Å². The number of hydrogen-bond acceptors (Lipinski definition) is 4. The number of carbonyl (C=O) groups excluding carboxylic acids is 1. The van der Waals surface area contributed by atoms with E-state index in [2.05, 4.69) is 19.2 Å². The molecule has 1 aliphatic heterocycles. The van der Waals surface area contributed by atoms with Gasteiger partial charge in [-0.25, -0.2) is 0 Å². The average molecular weight is 285 g/mol. The summed E-state index contributed by atoms with van der Waals surface area (Å²) in [5.41, 5.74) is 6.19. The summed E-state index contributed by atoms with van der Waals surface area (Å²) in [7, 11) is 1.69. The molecule has 1 saturated heterocycles. The third kappa shape index (κ3) is 3.45. The molecule has 0 aromatic rings. The van der Waals surface area contributed by atoms with Crippen molar-refractivity contribution in [3.05, 3.63) is 0 Å². The fourth-order valence-corrected chi connectivity index (χ4v) is 4.97. The minimum absolute atomic E-state index is 0. The summed E-state index contributed by atoms with van der Waals surface area (Å²) in [6.45, 7) is 4.28. The second-order valence-electron chi connectivity index (χ2n) is 4.18. The first-order chi connectivity index (χ1) is 7.03. The lowest BCUT2D eigenvalue weighted by molar-refractivity contribution is -0.121. The third-order valence-electron chi connectivity index (χ3n) is 2.47. The maximum atomic E-state index is 11.9. The predicted molar refractivity (Wildman–Crippen MR) is 76.4 cm³/mol. The Morgan fingerprint density at radius 2 is 1.94 bits per heavy atom. The van der Waals surface area contributed by atoms with Gasteiger partial charge in [0.2, 0.25) is 5.91 Å². The topological polar surface area (TPSA) is 55.1 Å². The summed E-state index contributed by atoms with van der Waals surface area (Å²) in [6.07, 6.45) is 0.896. The molecule has 1 rings (SSSR count). The second kappa shape index (κ2) is 6.99. The van der Waals surface area contributed by atoms with Gasteiger partial charge in [0.15, 0.2) is 4.08 Å². The molecule has 0 radical (unpaired) electrons. The van der Waals surface area contributed by atoms with Gasteiger partial charge in [-0.3, -0.25) is 4.79 Å². The number of halogens is 1. The van der Waals surface area contributed by atoms with Crippen molar-refractivity contribution in [3.8, 4) is 0 Å². The normalized spacial score (nSPS) is 20.3. The summed E-state index contributed by atoms with van der Waals surface area (Å²) in [6, 6.07) is -0.0602. The van der Waals surface area contributed by atoms with Crippen LogP contribution in [0.4, 0.5) is 0 Å². The molecule has 3 N–H and O–H groups in total. The molecule has 96 valence electrons. The Bertz CT molecular complexity index is 233. The van der Waals surface area contributed by atoms with E-state index in [1.807, 2.05) is 0 Å². The predicted octanol–water partition coefficient (Wildman–Crippen LogP) is 1.70. The largest absolute Gasteiger partial charge is 0.357 e. The molecule has 1 aliphatic rings. The number of nitrogens with one attached hydrogen (secondary N) is 1. The van der Waals surface area contributed by atoms with Crippen molar-refractivity contribution in [2.45, 2.75) is 30.4 Å². The van der Waals surface area contributed by atoms with Gasteiger partial charge in [-0.1, -0.05) is 13.8 Å². The molecule has 0 aromatic heterocycles. The first-order valence-corrected chi connectivity index (χ1v) is 7.25. The molecule has 0 saturated carbocycles. The molecule has 1 heterocycles. The number of rotatable bonds is 4. The molecular weight excluding hydrogens is 264 g/mol. The summed E-state index contributed by atoms with van der Waals surface area (Å²) < 4.78 is -0.445. The lowest BCUT2D eigenvalue weighted by Crippen LogP contribution is -2.52. The zero-order valence-corrected chi connectivity index (χ0v) is 12.4. The molecule has 0 bridgehead atoms. The van der Waals surface area contributed by atoms with E-state index in [4.69, 9.17) is 5.73 Å². The Hall–Kier alpha value is 0.420. The molecule has 6 heteroatoms. The monoisotopic (exact) mass is 284 g/mol. The van der Waals surface area contributed by atoms with E-state index in [1.54, 1.807) is 30.6 Å². The van der Waals surface area contributed by atoms with Crippen molar-refractivity contribution < 1.29 is 4.79 Å². The Balaban J connectivity index is 0.00000225. The van der Waals surface area contributed by atoms with Crippen LogP contribution < -0.4 is 11.1 Å². The van der Waals surface area contributed by atoms with Crippen molar-refractivity contribution in [2.24, 2.45) is 11.7 Å². The van der Waals surface area contributed by atoms with E-state index in [-0.39, 0.29) is 24.4 Å². The summed E-state index contributed by atoms with van der Waals surface area (Å²) in [5.74, 6) is 2.64. The number of nitrogens with two attached hydrogens (primary N) is 1. The highest BCUT2D eigenvalue weighted by Crippen LogP contribution is 2.47. The highest BCUT2D eigenvalue weighted by atomic mass is 35.5. The smallest absolute Gasteiger partial charge is 0.247 e. The number of hydrogen-bond donors (Lipinski definition) is 2. The summed E-state index contributed by atoms with van der Waals surface area (Å²) in [5, 5.41) is 2.74. The summed E-state index contributed by atoms with van der Waals surface area (Å²) >= 11 is 3.40. The maximum absolute atomic E-state index is 11.9. The van der Waals surface area contributed by atoms with Crippen LogP contribution in [0, 0.1) is 5.92 Å². The molecule has 0 unspecified atom stereocenters. The van der Waals surface area contributed by atoms with Crippen LogP contribution in [0.2, 0.25) is 0 Å². The highest BCUT2D eigenvalue weighted by Gasteiger charge is 2.47. The highest BCUT2D eigenvalue weighted by molar-refractivity contribution is 8.22. The molecule has 1 atom stereocenters. The van der Waals surface area contributed by atoms with Crippen molar-refractivity contribution in [2.75, 3.05) is 18.6 Å². The minimum atomic E-state index is -0.445. The first kappa shape index (κ1) is 16.4. The van der Waals surface area contributed by atoms with E-state index in [0.29, 0.717) is 5.92 Å². The van der Waals surface area contributed by atoms with E-state index in [9.17, 15) is 4.79 Å². The minimum Gasteiger partial charge on any atom is -0.357 e. The molecule has 0 aromatic carbocycles. The van der Waals surface area contributed by atoms with Gasteiger partial charge in [0.1, 0.15) is 0 Å². The molecule has 1 fully saturated rings. The van der Waals surface area contributed by atoms with Crippen molar-refractivity contribution in [1.82, 2.24) is 5.32 Å². The maximum Gasteiger partial charge on any atom is 0.247 e. The van der Waals surface area contributed by atoms with Crippen molar-refractivity contribution in [3.63, 3.8) is 0 Å². The zero-order valence-electron chi connectivity index (χ0n) is 9.99. The van der Waals surface area contributed by atoms with Crippen LogP contribution in [0.3, 0.4) is 0 Å². The van der Waals surface area contributed by atoms with Gasteiger partial charge in [-0.2, -0.15) is 0 Å². The van der Waals surface area contributed by atoms with Crippen molar-refractivity contribution in [1.29, 1.82) is 0 Å². The second-order valence-corrected chi connectivity index (χ2v) is 7.12. The van der Waals surface area contributed by atoms with Crippen molar-refractivity contribution >= 4 is 41.8 Å². The third-order valence-corrected chi connectivity index (χ3v) is 6.09. The van der Waals surface area contributed by atoms with Crippen LogP contribution in [0.25, 0.3) is 0 Å². The van der Waals surface area contributed by atoms with E-state index >= 15 is 0 Å². The molecule has 0 aliphatic carbocycles. The van der Waals surface area contributed by atoms with Gasteiger partial charge in [0, 0.05) is 24.6 Å². The standard InChI is InChI=1S/C10H20N2OS2.ClH/c1-7(2)6-8(11)10(9(13)12-3)14-4-5-15-10;/h7-8H,4-6,11H2,1-3H3,(H,12,13);1H/t8-;/m0./s1. The van der Waals surface area contributed by atoms with Crippen LogP contribution in [0.5, 0.6) is 0 Å². The quantitative estimate of drug-likeness (QED) is 0.825. The number of amides is 1. The zero-order chi connectivity index (χ0) is 11.5. The SMILES string of the molecule is CNC(=O)C1([C@@H](N)CC(C)C)SCCS1.Cl. The Morgan fingerprint density at radius 3 is 2.31 bits per heavy atom. The molecule has 0 spiro atoms. The van der Waals surface area contributed by atoms with E-state index in [0.717, 1.165) is 17.9 Å².